The molecule has 0 bridgehead atoms. The third-order valence-electron chi connectivity index (χ3n) is 6.22. The zero-order valence-electron chi connectivity index (χ0n) is 20.4. The van der Waals surface area contributed by atoms with Gasteiger partial charge in [-0.25, -0.2) is 4.79 Å². The van der Waals surface area contributed by atoms with E-state index >= 15 is 0 Å². The number of esters is 1. The number of benzene rings is 3. The summed E-state index contributed by atoms with van der Waals surface area (Å²) in [5.74, 6) is -2.10. The van der Waals surface area contributed by atoms with Crippen molar-refractivity contribution in [3.05, 3.63) is 105 Å². The second-order valence-corrected chi connectivity index (χ2v) is 9.42. The first-order valence-electron chi connectivity index (χ1n) is 11.7. The summed E-state index contributed by atoms with van der Waals surface area (Å²) in [6, 6.07) is 19.0. The van der Waals surface area contributed by atoms with Gasteiger partial charge in [0.1, 0.15) is 11.3 Å². The fraction of sp³-hybridized carbons (Fsp3) is 0.138. The van der Waals surface area contributed by atoms with Crippen LogP contribution in [-0.4, -0.2) is 36.5 Å². The highest BCUT2D eigenvalue weighted by molar-refractivity contribution is 9.10. The Kier molecular flexibility index (Phi) is 6.77. The van der Waals surface area contributed by atoms with E-state index in [0.29, 0.717) is 28.0 Å². The molecule has 0 fully saturated rings. The number of nitrogens with zero attached hydrogens (tertiary/aromatic N) is 1. The summed E-state index contributed by atoms with van der Waals surface area (Å²) < 4.78 is 17.0. The lowest BCUT2D eigenvalue weighted by atomic mass is 9.94. The molecule has 9 heteroatoms. The van der Waals surface area contributed by atoms with E-state index < -0.39 is 29.5 Å². The molecule has 192 valence electrons. The van der Waals surface area contributed by atoms with Gasteiger partial charge < -0.3 is 19.0 Å². The summed E-state index contributed by atoms with van der Waals surface area (Å²) in [5.41, 5.74) is 1.43. The highest BCUT2D eigenvalue weighted by Gasteiger charge is 2.45. The number of rotatable bonds is 7. The number of aliphatic hydroxyl groups excluding tert-OH is 1. The second kappa shape index (κ2) is 10.2. The van der Waals surface area contributed by atoms with E-state index in [1.807, 2.05) is 0 Å². The van der Waals surface area contributed by atoms with E-state index in [2.05, 4.69) is 15.9 Å². The van der Waals surface area contributed by atoms with Crippen molar-refractivity contribution in [3.63, 3.8) is 0 Å². The van der Waals surface area contributed by atoms with Gasteiger partial charge in [-0.2, -0.15) is 0 Å². The quantitative estimate of drug-likeness (QED) is 0.207. The van der Waals surface area contributed by atoms with Gasteiger partial charge in [0.15, 0.2) is 11.5 Å². The number of anilines is 1. The van der Waals surface area contributed by atoms with Crippen LogP contribution in [0.4, 0.5) is 5.69 Å². The smallest absolute Gasteiger partial charge is 0.338 e. The Bertz CT molecular complexity index is 1600. The molecule has 0 spiro atoms. The zero-order valence-corrected chi connectivity index (χ0v) is 22.0. The molecule has 1 N–H and O–H groups in total. The van der Waals surface area contributed by atoms with E-state index in [0.717, 1.165) is 4.47 Å². The van der Waals surface area contributed by atoms with Crippen molar-refractivity contribution in [2.75, 3.05) is 18.6 Å². The molecule has 0 saturated heterocycles. The fourth-order valence-corrected chi connectivity index (χ4v) is 4.84. The predicted octanol–water partition coefficient (Wildman–Crippen LogP) is 6.16. The molecule has 1 aliphatic rings. The number of Topliss-reactive ketones (excluding diaryl/α,β-unsaturated/α-hetero) is 1. The topological polar surface area (TPSA) is 106 Å². The van der Waals surface area contributed by atoms with Gasteiger partial charge in [-0.3, -0.25) is 14.5 Å². The molecule has 5 rings (SSSR count). The summed E-state index contributed by atoms with van der Waals surface area (Å²) in [6.45, 7) is 1.89. The lowest BCUT2D eigenvalue weighted by Crippen LogP contribution is -2.31. The highest BCUT2D eigenvalue weighted by Crippen LogP contribution is 2.43. The van der Waals surface area contributed by atoms with Gasteiger partial charge in [-0.15, -0.1) is 0 Å². The minimum atomic E-state index is -1.00. The zero-order chi connectivity index (χ0) is 27.0. The number of furan rings is 1. The minimum Gasteiger partial charge on any atom is -0.503 e. The van der Waals surface area contributed by atoms with Crippen LogP contribution in [0.2, 0.25) is 0 Å². The van der Waals surface area contributed by atoms with Gasteiger partial charge in [0, 0.05) is 15.5 Å². The van der Waals surface area contributed by atoms with Crippen LogP contribution < -0.4 is 9.64 Å². The van der Waals surface area contributed by atoms with Crippen molar-refractivity contribution in [3.8, 4) is 5.75 Å². The number of amides is 1. The Morgan fingerprint density at radius 3 is 2.53 bits per heavy atom. The van der Waals surface area contributed by atoms with E-state index in [-0.39, 0.29) is 23.5 Å². The van der Waals surface area contributed by atoms with Crippen LogP contribution in [-0.2, 0) is 9.53 Å². The number of hydrogen-bond acceptors (Lipinski definition) is 7. The average Bonchev–Trinajstić information content (AvgIpc) is 3.46. The molecule has 2 heterocycles. The number of ether oxygens (including phenoxy) is 2. The van der Waals surface area contributed by atoms with Gasteiger partial charge in [-0.1, -0.05) is 34.1 Å². The second-order valence-electron chi connectivity index (χ2n) is 8.51. The Hall–Kier alpha value is -4.37. The molecule has 1 aromatic heterocycles. The summed E-state index contributed by atoms with van der Waals surface area (Å²) in [5, 5.41) is 11.7. The van der Waals surface area contributed by atoms with Crippen molar-refractivity contribution in [2.24, 2.45) is 0 Å². The standard InChI is InChI=1S/C29H22BrNO7/c1-3-37-29(35)17-5-4-6-20(14-17)31-25(16-7-10-21(36-2)11-8-16)24(27(33)28(31)34)26(32)23-15-18-13-19(30)9-12-22(18)38-23/h4-15,25,33H,3H2,1-2H3. The number of hydrogen-bond donors (Lipinski definition) is 1. The maximum absolute atomic E-state index is 13.8. The van der Waals surface area contributed by atoms with Crippen LogP contribution in [0.1, 0.15) is 39.4 Å². The molecule has 1 aliphatic heterocycles. The molecular weight excluding hydrogens is 554 g/mol. The molecule has 8 nitrogen and oxygen atoms in total. The predicted molar refractivity (Wildman–Crippen MR) is 144 cm³/mol. The number of ketones is 1. The Balaban J connectivity index is 1.63. The van der Waals surface area contributed by atoms with Crippen LogP contribution >= 0.6 is 15.9 Å². The highest BCUT2D eigenvalue weighted by atomic mass is 79.9. The molecule has 1 atom stereocenters. The van der Waals surface area contributed by atoms with Crippen molar-refractivity contribution < 1.29 is 33.4 Å². The minimum absolute atomic E-state index is 0.0203. The van der Waals surface area contributed by atoms with Crippen LogP contribution in [0.25, 0.3) is 11.0 Å². The molecule has 0 saturated carbocycles. The Labute approximate surface area is 226 Å². The first-order chi connectivity index (χ1) is 18.3. The first-order valence-corrected chi connectivity index (χ1v) is 12.5. The monoisotopic (exact) mass is 575 g/mol. The Morgan fingerprint density at radius 1 is 1.05 bits per heavy atom. The molecule has 0 aliphatic carbocycles. The fourth-order valence-electron chi connectivity index (χ4n) is 4.46. The largest absolute Gasteiger partial charge is 0.503 e. The summed E-state index contributed by atoms with van der Waals surface area (Å²) in [6.07, 6.45) is 0. The van der Waals surface area contributed by atoms with Crippen LogP contribution in [0.5, 0.6) is 5.75 Å². The van der Waals surface area contributed by atoms with Crippen molar-refractivity contribution in [1.29, 1.82) is 0 Å². The summed E-state index contributed by atoms with van der Waals surface area (Å²) in [4.78, 5) is 40.9. The number of aliphatic hydroxyl groups is 1. The van der Waals surface area contributed by atoms with E-state index in [1.54, 1.807) is 73.7 Å². The van der Waals surface area contributed by atoms with Gasteiger partial charge >= 0.3 is 5.97 Å². The van der Waals surface area contributed by atoms with Crippen molar-refractivity contribution >= 4 is 50.2 Å². The number of carbonyl (C=O) groups excluding carboxylic acids is 3. The molecule has 1 unspecified atom stereocenters. The maximum atomic E-state index is 13.8. The van der Waals surface area contributed by atoms with Crippen LogP contribution in [0.15, 0.2) is 93.0 Å². The van der Waals surface area contributed by atoms with Crippen LogP contribution in [0, 0.1) is 0 Å². The van der Waals surface area contributed by atoms with Gasteiger partial charge in [0.2, 0.25) is 5.78 Å². The molecule has 0 radical (unpaired) electrons. The summed E-state index contributed by atoms with van der Waals surface area (Å²) >= 11 is 3.40. The third kappa shape index (κ3) is 4.45. The lowest BCUT2D eigenvalue weighted by molar-refractivity contribution is -0.117. The molecule has 1 amide bonds. The molecule has 3 aromatic carbocycles. The van der Waals surface area contributed by atoms with Gasteiger partial charge in [0.25, 0.3) is 5.91 Å². The number of halogens is 1. The number of carbonyl (C=O) groups is 3. The third-order valence-corrected chi connectivity index (χ3v) is 6.72. The van der Waals surface area contributed by atoms with E-state index in [1.165, 1.54) is 18.1 Å². The molecule has 4 aromatic rings. The molecule has 38 heavy (non-hydrogen) atoms. The SMILES string of the molecule is CCOC(=O)c1cccc(N2C(=O)C(O)=C(C(=O)c3cc4cc(Br)ccc4o3)C2c2ccc(OC)cc2)c1. The first kappa shape index (κ1) is 25.3. The van der Waals surface area contributed by atoms with E-state index in [9.17, 15) is 19.5 Å². The van der Waals surface area contributed by atoms with Crippen LogP contribution in [0.3, 0.4) is 0 Å². The molecular formula is C29H22BrNO7. The van der Waals surface area contributed by atoms with E-state index in [4.69, 9.17) is 13.9 Å². The van der Waals surface area contributed by atoms with Crippen molar-refractivity contribution in [2.45, 2.75) is 13.0 Å². The summed E-state index contributed by atoms with van der Waals surface area (Å²) in [7, 11) is 1.53. The number of fused-ring (bicyclic) bond motifs is 1. The van der Waals surface area contributed by atoms with Crippen molar-refractivity contribution in [1.82, 2.24) is 0 Å². The lowest BCUT2D eigenvalue weighted by Gasteiger charge is -2.27. The normalized spacial score (nSPS) is 15.3. The Morgan fingerprint density at radius 2 is 1.82 bits per heavy atom. The van der Waals surface area contributed by atoms with Gasteiger partial charge in [0.05, 0.1) is 30.9 Å². The number of methoxy groups -OCH3 is 1. The average molecular weight is 576 g/mol. The van der Waals surface area contributed by atoms with Gasteiger partial charge in [-0.05, 0) is 67.1 Å². The maximum Gasteiger partial charge on any atom is 0.338 e.